The molecule has 106 valence electrons. The lowest BCUT2D eigenvalue weighted by Gasteiger charge is -2.28. The third-order valence-corrected chi connectivity index (χ3v) is 3.79. The van der Waals surface area contributed by atoms with Gasteiger partial charge in [0.25, 0.3) is 0 Å². The number of anilines is 1. The Morgan fingerprint density at radius 1 is 1.37 bits per heavy atom. The summed E-state index contributed by atoms with van der Waals surface area (Å²) >= 11 is 0. The van der Waals surface area contributed by atoms with Crippen molar-refractivity contribution in [3.63, 3.8) is 0 Å². The molecule has 19 heavy (non-hydrogen) atoms. The van der Waals surface area contributed by atoms with Crippen LogP contribution in [0.2, 0.25) is 0 Å². The Morgan fingerprint density at radius 3 is 2.68 bits per heavy atom. The van der Waals surface area contributed by atoms with Gasteiger partial charge in [-0.3, -0.25) is 0 Å². The smallest absolute Gasteiger partial charge is 0.123 e. The normalized spacial score (nSPS) is 16.4. The van der Waals surface area contributed by atoms with Crippen LogP contribution in [0.5, 0.6) is 0 Å². The summed E-state index contributed by atoms with van der Waals surface area (Å²) in [4.78, 5) is 2.42. The summed E-state index contributed by atoms with van der Waals surface area (Å²) in [6.07, 6.45) is 3.62. The number of hydrogen-bond donors (Lipinski definition) is 1. The van der Waals surface area contributed by atoms with E-state index in [-0.39, 0.29) is 11.9 Å². The minimum Gasteiger partial charge on any atom is -0.369 e. The monoisotopic (exact) mass is 264 g/mol. The molecule has 1 atom stereocenters. The van der Waals surface area contributed by atoms with Gasteiger partial charge in [0.15, 0.2) is 0 Å². The average molecular weight is 264 g/mol. The highest BCUT2D eigenvalue weighted by molar-refractivity contribution is 5.56. The van der Waals surface area contributed by atoms with Gasteiger partial charge in [-0.2, -0.15) is 0 Å². The molecule has 0 heterocycles. The fourth-order valence-electron chi connectivity index (χ4n) is 2.62. The molecule has 1 aromatic carbocycles. The van der Waals surface area contributed by atoms with E-state index < -0.39 is 0 Å². The summed E-state index contributed by atoms with van der Waals surface area (Å²) in [6.45, 7) is 8.40. The Kier molecular flexibility index (Phi) is 4.81. The molecule has 1 aromatic rings. The summed E-state index contributed by atoms with van der Waals surface area (Å²) in [5, 5.41) is 3.46. The van der Waals surface area contributed by atoms with E-state index in [0.29, 0.717) is 6.04 Å². The van der Waals surface area contributed by atoms with Crippen molar-refractivity contribution < 1.29 is 4.39 Å². The SMILES string of the molecule is CCCNC(C)c1cc(F)ccc1N(CC)C1CC1. The maximum Gasteiger partial charge on any atom is 0.123 e. The molecule has 0 spiro atoms. The molecule has 0 amide bonds. The topological polar surface area (TPSA) is 15.3 Å². The van der Waals surface area contributed by atoms with Gasteiger partial charge in [-0.25, -0.2) is 4.39 Å². The van der Waals surface area contributed by atoms with Crippen molar-refractivity contribution in [3.05, 3.63) is 29.6 Å². The zero-order chi connectivity index (χ0) is 13.8. The summed E-state index contributed by atoms with van der Waals surface area (Å²) in [5.41, 5.74) is 2.28. The van der Waals surface area contributed by atoms with Crippen molar-refractivity contribution in [1.82, 2.24) is 5.32 Å². The molecule has 1 unspecified atom stereocenters. The van der Waals surface area contributed by atoms with E-state index >= 15 is 0 Å². The summed E-state index contributed by atoms with van der Waals surface area (Å²) in [5.74, 6) is -0.143. The molecule has 1 aliphatic carbocycles. The molecule has 3 heteroatoms. The van der Waals surface area contributed by atoms with Crippen LogP contribution < -0.4 is 10.2 Å². The third kappa shape index (κ3) is 3.47. The Hall–Kier alpha value is -1.09. The number of hydrogen-bond acceptors (Lipinski definition) is 2. The summed E-state index contributed by atoms with van der Waals surface area (Å²) < 4.78 is 13.6. The van der Waals surface area contributed by atoms with E-state index in [1.165, 1.54) is 18.5 Å². The van der Waals surface area contributed by atoms with E-state index in [1.807, 2.05) is 6.07 Å². The minimum absolute atomic E-state index is 0.143. The Morgan fingerprint density at radius 2 is 2.11 bits per heavy atom. The van der Waals surface area contributed by atoms with Crippen molar-refractivity contribution in [2.24, 2.45) is 0 Å². The number of benzene rings is 1. The Balaban J connectivity index is 2.25. The summed E-state index contributed by atoms with van der Waals surface area (Å²) in [7, 11) is 0. The van der Waals surface area contributed by atoms with Crippen molar-refractivity contribution in [1.29, 1.82) is 0 Å². The molecule has 1 saturated carbocycles. The van der Waals surface area contributed by atoms with E-state index in [2.05, 4.69) is 31.0 Å². The highest BCUT2D eigenvalue weighted by atomic mass is 19.1. The van der Waals surface area contributed by atoms with E-state index in [0.717, 1.165) is 25.1 Å². The van der Waals surface area contributed by atoms with Gasteiger partial charge < -0.3 is 10.2 Å². The average Bonchev–Trinajstić information content (AvgIpc) is 3.23. The van der Waals surface area contributed by atoms with Crippen molar-refractivity contribution in [2.75, 3.05) is 18.0 Å². The van der Waals surface area contributed by atoms with Crippen LogP contribution in [-0.2, 0) is 0 Å². The molecule has 0 radical (unpaired) electrons. The predicted molar refractivity (Wildman–Crippen MR) is 79.2 cm³/mol. The van der Waals surface area contributed by atoms with E-state index in [1.54, 1.807) is 12.1 Å². The van der Waals surface area contributed by atoms with Gasteiger partial charge in [0.1, 0.15) is 5.82 Å². The van der Waals surface area contributed by atoms with Crippen LogP contribution in [0.1, 0.15) is 51.6 Å². The lowest BCUT2D eigenvalue weighted by Crippen LogP contribution is -2.28. The van der Waals surface area contributed by atoms with Crippen LogP contribution in [0, 0.1) is 5.82 Å². The van der Waals surface area contributed by atoms with Gasteiger partial charge in [-0.15, -0.1) is 0 Å². The second kappa shape index (κ2) is 6.38. The van der Waals surface area contributed by atoms with Crippen LogP contribution in [0.3, 0.4) is 0 Å². The Labute approximate surface area is 116 Å². The number of rotatable bonds is 7. The van der Waals surface area contributed by atoms with Crippen LogP contribution in [0.25, 0.3) is 0 Å². The minimum atomic E-state index is -0.143. The third-order valence-electron chi connectivity index (χ3n) is 3.79. The molecule has 0 aromatic heterocycles. The zero-order valence-corrected chi connectivity index (χ0v) is 12.2. The highest BCUT2D eigenvalue weighted by Crippen LogP contribution is 2.35. The van der Waals surface area contributed by atoms with Gasteiger partial charge in [0.2, 0.25) is 0 Å². The summed E-state index contributed by atoms with van der Waals surface area (Å²) in [6, 6.07) is 6.06. The molecule has 0 bridgehead atoms. The maximum atomic E-state index is 13.6. The lowest BCUT2D eigenvalue weighted by molar-refractivity contribution is 0.560. The molecule has 2 nitrogen and oxygen atoms in total. The fourth-order valence-corrected chi connectivity index (χ4v) is 2.62. The molecule has 0 aliphatic heterocycles. The van der Waals surface area contributed by atoms with Crippen LogP contribution in [0.15, 0.2) is 18.2 Å². The standard InChI is InChI=1S/C16H25FN2/c1-4-10-18-12(3)15-11-13(17)6-9-16(15)19(5-2)14-7-8-14/h6,9,11-12,14,18H,4-5,7-8,10H2,1-3H3. The van der Waals surface area contributed by atoms with Gasteiger partial charge in [-0.05, 0) is 63.4 Å². The van der Waals surface area contributed by atoms with Crippen molar-refractivity contribution in [2.45, 2.75) is 52.1 Å². The van der Waals surface area contributed by atoms with Gasteiger partial charge in [-0.1, -0.05) is 6.92 Å². The number of halogens is 1. The van der Waals surface area contributed by atoms with E-state index in [4.69, 9.17) is 0 Å². The highest BCUT2D eigenvalue weighted by Gasteiger charge is 2.30. The molecule has 2 rings (SSSR count). The predicted octanol–water partition coefficient (Wildman–Crippen LogP) is 3.88. The molecule has 0 saturated heterocycles. The molecule has 1 aliphatic rings. The van der Waals surface area contributed by atoms with Crippen LogP contribution in [0.4, 0.5) is 10.1 Å². The van der Waals surface area contributed by atoms with Gasteiger partial charge in [0, 0.05) is 24.3 Å². The first-order valence-electron chi connectivity index (χ1n) is 7.46. The first kappa shape index (κ1) is 14.3. The first-order chi connectivity index (χ1) is 9.17. The van der Waals surface area contributed by atoms with Crippen molar-refractivity contribution in [3.8, 4) is 0 Å². The molecular formula is C16H25FN2. The van der Waals surface area contributed by atoms with Gasteiger partial charge in [0.05, 0.1) is 0 Å². The molecular weight excluding hydrogens is 239 g/mol. The zero-order valence-electron chi connectivity index (χ0n) is 12.2. The second-order valence-corrected chi connectivity index (χ2v) is 5.40. The second-order valence-electron chi connectivity index (χ2n) is 5.40. The Bertz CT molecular complexity index is 415. The van der Waals surface area contributed by atoms with E-state index in [9.17, 15) is 4.39 Å². The van der Waals surface area contributed by atoms with Gasteiger partial charge >= 0.3 is 0 Å². The maximum absolute atomic E-state index is 13.6. The van der Waals surface area contributed by atoms with Crippen LogP contribution in [-0.4, -0.2) is 19.1 Å². The molecule has 1 N–H and O–H groups in total. The van der Waals surface area contributed by atoms with Crippen LogP contribution >= 0.6 is 0 Å². The largest absolute Gasteiger partial charge is 0.369 e. The molecule has 1 fully saturated rings. The quantitative estimate of drug-likeness (QED) is 0.804. The lowest BCUT2D eigenvalue weighted by atomic mass is 10.0. The fraction of sp³-hybridized carbons (Fsp3) is 0.625. The number of nitrogens with zero attached hydrogens (tertiary/aromatic N) is 1. The van der Waals surface area contributed by atoms with Crippen molar-refractivity contribution >= 4 is 5.69 Å². The number of nitrogens with one attached hydrogen (secondary N) is 1. The first-order valence-corrected chi connectivity index (χ1v) is 7.46.